The summed E-state index contributed by atoms with van der Waals surface area (Å²) in [6.45, 7) is 6.81. The number of amides is 2. The minimum absolute atomic E-state index is 0.0690. The van der Waals surface area contributed by atoms with E-state index in [4.69, 9.17) is 9.84 Å². The molecule has 1 fully saturated rings. The second kappa shape index (κ2) is 6.04. The van der Waals surface area contributed by atoms with E-state index in [2.05, 4.69) is 10.6 Å². The Bertz CT molecular complexity index is 311. The van der Waals surface area contributed by atoms with E-state index in [1.54, 1.807) is 0 Å². The zero-order valence-electron chi connectivity index (χ0n) is 11.2. The number of carboxylic acids is 1. The van der Waals surface area contributed by atoms with Crippen molar-refractivity contribution >= 4 is 12.0 Å². The largest absolute Gasteiger partial charge is 0.481 e. The topological polar surface area (TPSA) is 87.7 Å². The van der Waals surface area contributed by atoms with E-state index in [0.717, 1.165) is 6.42 Å². The number of carbonyl (C=O) groups is 2. The highest BCUT2D eigenvalue weighted by Crippen LogP contribution is 2.17. The Labute approximate surface area is 107 Å². The molecule has 0 saturated carbocycles. The fraction of sp³-hybridized carbons (Fsp3) is 0.833. The molecule has 0 aromatic heterocycles. The minimum Gasteiger partial charge on any atom is -0.481 e. The van der Waals surface area contributed by atoms with Crippen molar-refractivity contribution in [3.63, 3.8) is 0 Å². The number of hydrogen-bond donors (Lipinski definition) is 3. The van der Waals surface area contributed by atoms with Gasteiger partial charge in [-0.15, -0.1) is 0 Å². The molecule has 0 bridgehead atoms. The van der Waals surface area contributed by atoms with Crippen molar-refractivity contribution in [1.82, 2.24) is 10.6 Å². The summed E-state index contributed by atoms with van der Waals surface area (Å²) in [5, 5.41) is 14.3. The van der Waals surface area contributed by atoms with Crippen molar-refractivity contribution in [1.29, 1.82) is 0 Å². The SMILES string of the molecule is CC(C)C(CC(=O)O)NC(=O)NC1(C)CCOC1. The molecule has 1 aliphatic heterocycles. The number of ether oxygens (including phenoxy) is 1. The first-order valence-corrected chi connectivity index (χ1v) is 6.20. The summed E-state index contributed by atoms with van der Waals surface area (Å²) < 4.78 is 5.24. The molecule has 0 aliphatic carbocycles. The first-order chi connectivity index (χ1) is 8.32. The van der Waals surface area contributed by atoms with Crippen molar-refractivity contribution in [2.45, 2.75) is 45.2 Å². The Kier molecular flexibility index (Phi) is 4.95. The smallest absolute Gasteiger partial charge is 0.315 e. The summed E-state index contributed by atoms with van der Waals surface area (Å²) in [6.07, 6.45) is 0.698. The van der Waals surface area contributed by atoms with Crippen LogP contribution in [0, 0.1) is 5.92 Å². The lowest BCUT2D eigenvalue weighted by Gasteiger charge is -2.27. The van der Waals surface area contributed by atoms with Gasteiger partial charge >= 0.3 is 12.0 Å². The number of urea groups is 1. The quantitative estimate of drug-likeness (QED) is 0.685. The van der Waals surface area contributed by atoms with Crippen LogP contribution in [0.3, 0.4) is 0 Å². The van der Waals surface area contributed by atoms with E-state index in [1.165, 1.54) is 0 Å². The van der Waals surface area contributed by atoms with Crippen molar-refractivity contribution in [3.8, 4) is 0 Å². The Morgan fingerprint density at radius 2 is 2.11 bits per heavy atom. The number of rotatable bonds is 5. The maximum absolute atomic E-state index is 11.8. The minimum atomic E-state index is -0.913. The summed E-state index contributed by atoms with van der Waals surface area (Å²) in [4.78, 5) is 22.5. The fourth-order valence-electron chi connectivity index (χ4n) is 1.89. The van der Waals surface area contributed by atoms with Crippen LogP contribution in [0.2, 0.25) is 0 Å². The average molecular weight is 258 g/mol. The lowest BCUT2D eigenvalue weighted by Crippen LogP contribution is -2.54. The van der Waals surface area contributed by atoms with Gasteiger partial charge in [0.2, 0.25) is 0 Å². The molecule has 1 saturated heterocycles. The highest BCUT2D eigenvalue weighted by Gasteiger charge is 2.32. The van der Waals surface area contributed by atoms with Gasteiger partial charge in [0.05, 0.1) is 18.6 Å². The molecule has 104 valence electrons. The van der Waals surface area contributed by atoms with Crippen LogP contribution in [0.5, 0.6) is 0 Å². The monoisotopic (exact) mass is 258 g/mol. The third-order valence-corrected chi connectivity index (χ3v) is 3.15. The summed E-state index contributed by atoms with van der Waals surface area (Å²) in [7, 11) is 0. The molecule has 1 aliphatic rings. The first kappa shape index (κ1) is 14.8. The Hall–Kier alpha value is -1.30. The Morgan fingerprint density at radius 3 is 2.56 bits per heavy atom. The third kappa shape index (κ3) is 4.52. The number of carboxylic acid groups (broad SMARTS) is 1. The highest BCUT2D eigenvalue weighted by molar-refractivity contribution is 5.76. The maximum Gasteiger partial charge on any atom is 0.315 e. The lowest BCUT2D eigenvalue weighted by molar-refractivity contribution is -0.137. The van der Waals surface area contributed by atoms with E-state index in [9.17, 15) is 9.59 Å². The van der Waals surface area contributed by atoms with Gasteiger partial charge in [-0.25, -0.2) is 4.79 Å². The zero-order chi connectivity index (χ0) is 13.8. The maximum atomic E-state index is 11.8. The van der Waals surface area contributed by atoms with Gasteiger partial charge in [0, 0.05) is 12.6 Å². The van der Waals surface area contributed by atoms with Crippen LogP contribution >= 0.6 is 0 Å². The van der Waals surface area contributed by atoms with Gasteiger partial charge in [-0.05, 0) is 19.3 Å². The highest BCUT2D eigenvalue weighted by atomic mass is 16.5. The van der Waals surface area contributed by atoms with Gasteiger partial charge in [0.1, 0.15) is 0 Å². The van der Waals surface area contributed by atoms with Crippen LogP contribution in [0.4, 0.5) is 4.79 Å². The Morgan fingerprint density at radius 1 is 1.44 bits per heavy atom. The molecule has 0 spiro atoms. The van der Waals surface area contributed by atoms with Crippen molar-refractivity contribution in [3.05, 3.63) is 0 Å². The Balaban J connectivity index is 2.48. The molecule has 3 N–H and O–H groups in total. The van der Waals surface area contributed by atoms with E-state index < -0.39 is 5.97 Å². The van der Waals surface area contributed by atoms with Gasteiger partial charge in [-0.3, -0.25) is 4.79 Å². The molecule has 6 nitrogen and oxygen atoms in total. The molecule has 1 heterocycles. The predicted octanol–water partition coefficient (Wildman–Crippen LogP) is 0.964. The fourth-order valence-corrected chi connectivity index (χ4v) is 1.89. The van der Waals surface area contributed by atoms with Gasteiger partial charge in [0.15, 0.2) is 0 Å². The van der Waals surface area contributed by atoms with Gasteiger partial charge in [-0.1, -0.05) is 13.8 Å². The van der Waals surface area contributed by atoms with Crippen LogP contribution in [-0.4, -0.2) is 41.9 Å². The standard InChI is InChI=1S/C12H22N2O4/c1-8(2)9(6-10(15)16)13-11(17)14-12(3)4-5-18-7-12/h8-9H,4-7H2,1-3H3,(H,15,16)(H2,13,14,17). The molecule has 1 rings (SSSR count). The number of hydrogen-bond acceptors (Lipinski definition) is 3. The number of aliphatic carboxylic acids is 1. The second-order valence-corrected chi connectivity index (χ2v) is 5.41. The molecule has 18 heavy (non-hydrogen) atoms. The first-order valence-electron chi connectivity index (χ1n) is 6.20. The molecular formula is C12H22N2O4. The second-order valence-electron chi connectivity index (χ2n) is 5.41. The molecule has 0 radical (unpaired) electrons. The molecule has 6 heteroatoms. The van der Waals surface area contributed by atoms with Crippen molar-refractivity contribution in [2.75, 3.05) is 13.2 Å². The van der Waals surface area contributed by atoms with E-state index >= 15 is 0 Å². The van der Waals surface area contributed by atoms with Crippen molar-refractivity contribution in [2.24, 2.45) is 5.92 Å². The zero-order valence-corrected chi connectivity index (χ0v) is 11.2. The molecular weight excluding hydrogens is 236 g/mol. The molecule has 2 amide bonds. The van der Waals surface area contributed by atoms with Gasteiger partial charge in [0.25, 0.3) is 0 Å². The summed E-state index contributed by atoms with van der Waals surface area (Å²) in [5.74, 6) is -0.844. The molecule has 2 atom stereocenters. The van der Waals surface area contributed by atoms with E-state index in [-0.39, 0.29) is 30.0 Å². The molecule has 0 aromatic carbocycles. The predicted molar refractivity (Wildman–Crippen MR) is 66.4 cm³/mol. The van der Waals surface area contributed by atoms with Crippen LogP contribution in [0.15, 0.2) is 0 Å². The average Bonchev–Trinajstić information content (AvgIpc) is 2.62. The molecule has 0 aromatic rings. The summed E-state index contributed by atoms with van der Waals surface area (Å²) >= 11 is 0. The normalized spacial score (nSPS) is 24.9. The third-order valence-electron chi connectivity index (χ3n) is 3.15. The van der Waals surface area contributed by atoms with Gasteiger partial charge in [-0.2, -0.15) is 0 Å². The summed E-state index contributed by atoms with van der Waals surface area (Å²) in [5.41, 5.74) is -0.352. The van der Waals surface area contributed by atoms with Crippen LogP contribution in [0.1, 0.15) is 33.6 Å². The van der Waals surface area contributed by atoms with Crippen LogP contribution in [0.25, 0.3) is 0 Å². The van der Waals surface area contributed by atoms with Crippen LogP contribution < -0.4 is 10.6 Å². The number of carbonyl (C=O) groups excluding carboxylic acids is 1. The van der Waals surface area contributed by atoms with Crippen LogP contribution in [-0.2, 0) is 9.53 Å². The van der Waals surface area contributed by atoms with Crippen molar-refractivity contribution < 1.29 is 19.4 Å². The summed E-state index contributed by atoms with van der Waals surface area (Å²) in [6, 6.07) is -0.698. The van der Waals surface area contributed by atoms with Gasteiger partial charge < -0.3 is 20.5 Å². The lowest BCUT2D eigenvalue weighted by atomic mass is 10.0. The van der Waals surface area contributed by atoms with E-state index in [1.807, 2.05) is 20.8 Å². The molecule has 2 unspecified atom stereocenters. The number of nitrogens with one attached hydrogen (secondary N) is 2. The van der Waals surface area contributed by atoms with E-state index in [0.29, 0.717) is 13.2 Å².